The SMILES string of the molecule is COc1ccc(C(CNC(=O)C(C)S(C)(=O)=O)N2CCCC2)cc1. The molecular weight excluding hydrogens is 328 g/mol. The van der Waals surface area contributed by atoms with Crippen molar-refractivity contribution in [1.82, 2.24) is 10.2 Å². The number of rotatable bonds is 7. The quantitative estimate of drug-likeness (QED) is 0.801. The van der Waals surface area contributed by atoms with Gasteiger partial charge in [-0.25, -0.2) is 8.42 Å². The Hall–Kier alpha value is -1.60. The van der Waals surface area contributed by atoms with E-state index in [0.29, 0.717) is 6.54 Å². The minimum absolute atomic E-state index is 0.0362. The van der Waals surface area contributed by atoms with Crippen LogP contribution in [-0.2, 0) is 14.6 Å². The number of methoxy groups -OCH3 is 1. The molecule has 1 aromatic carbocycles. The number of carbonyl (C=O) groups is 1. The number of hydrogen-bond acceptors (Lipinski definition) is 5. The van der Waals surface area contributed by atoms with E-state index < -0.39 is 21.0 Å². The first-order chi connectivity index (χ1) is 11.3. The van der Waals surface area contributed by atoms with Gasteiger partial charge in [0.05, 0.1) is 13.2 Å². The second-order valence-corrected chi connectivity index (χ2v) is 8.62. The second kappa shape index (κ2) is 7.98. The van der Waals surface area contributed by atoms with Gasteiger partial charge in [0.2, 0.25) is 5.91 Å². The van der Waals surface area contributed by atoms with Crippen molar-refractivity contribution >= 4 is 15.7 Å². The number of amides is 1. The van der Waals surface area contributed by atoms with Crippen molar-refractivity contribution in [3.05, 3.63) is 29.8 Å². The maximum absolute atomic E-state index is 12.1. The highest BCUT2D eigenvalue weighted by atomic mass is 32.2. The lowest BCUT2D eigenvalue weighted by molar-refractivity contribution is -0.120. The number of nitrogens with one attached hydrogen (secondary N) is 1. The van der Waals surface area contributed by atoms with Crippen LogP contribution in [0.15, 0.2) is 24.3 Å². The number of sulfone groups is 1. The summed E-state index contributed by atoms with van der Waals surface area (Å²) in [6, 6.07) is 7.83. The Labute approximate surface area is 144 Å². The predicted molar refractivity (Wildman–Crippen MR) is 93.9 cm³/mol. The molecule has 0 spiro atoms. The van der Waals surface area contributed by atoms with Crippen LogP contribution in [-0.4, -0.2) is 57.5 Å². The average Bonchev–Trinajstić information content (AvgIpc) is 3.08. The molecule has 24 heavy (non-hydrogen) atoms. The average molecular weight is 354 g/mol. The lowest BCUT2D eigenvalue weighted by atomic mass is 10.1. The van der Waals surface area contributed by atoms with E-state index in [1.54, 1.807) is 7.11 Å². The third-order valence-electron chi connectivity index (χ3n) is 4.56. The number of hydrogen-bond donors (Lipinski definition) is 1. The molecule has 2 atom stereocenters. The molecule has 1 aromatic rings. The summed E-state index contributed by atoms with van der Waals surface area (Å²) in [5, 5.41) is 1.77. The molecule has 0 saturated carbocycles. The van der Waals surface area contributed by atoms with Gasteiger partial charge in [-0.3, -0.25) is 9.69 Å². The van der Waals surface area contributed by atoms with Crippen LogP contribution in [0, 0.1) is 0 Å². The zero-order chi connectivity index (χ0) is 17.7. The summed E-state index contributed by atoms with van der Waals surface area (Å²) in [7, 11) is -1.76. The normalized spacial score (nSPS) is 18.1. The Morgan fingerprint density at radius 3 is 2.33 bits per heavy atom. The Bertz CT molecular complexity index is 652. The van der Waals surface area contributed by atoms with Crippen molar-refractivity contribution in [2.24, 2.45) is 0 Å². The van der Waals surface area contributed by atoms with Gasteiger partial charge in [0, 0.05) is 12.8 Å². The molecule has 1 heterocycles. The van der Waals surface area contributed by atoms with Gasteiger partial charge >= 0.3 is 0 Å². The highest BCUT2D eigenvalue weighted by Gasteiger charge is 2.27. The van der Waals surface area contributed by atoms with E-state index in [1.807, 2.05) is 24.3 Å². The molecule has 2 unspecified atom stereocenters. The first kappa shape index (κ1) is 18.7. The van der Waals surface area contributed by atoms with Crippen molar-refractivity contribution in [1.29, 1.82) is 0 Å². The van der Waals surface area contributed by atoms with Crippen LogP contribution in [0.5, 0.6) is 5.75 Å². The van der Waals surface area contributed by atoms with Crippen molar-refractivity contribution in [3.63, 3.8) is 0 Å². The van der Waals surface area contributed by atoms with Crippen LogP contribution in [0.1, 0.15) is 31.4 Å². The largest absolute Gasteiger partial charge is 0.497 e. The number of likely N-dealkylation sites (tertiary alicyclic amines) is 1. The molecule has 0 radical (unpaired) electrons. The van der Waals surface area contributed by atoms with E-state index in [-0.39, 0.29) is 6.04 Å². The van der Waals surface area contributed by atoms with Crippen LogP contribution in [0.25, 0.3) is 0 Å². The van der Waals surface area contributed by atoms with Crippen LogP contribution in [0.3, 0.4) is 0 Å². The molecule has 134 valence electrons. The van der Waals surface area contributed by atoms with Gasteiger partial charge in [-0.2, -0.15) is 0 Å². The van der Waals surface area contributed by atoms with Crippen molar-refractivity contribution in [2.45, 2.75) is 31.1 Å². The maximum Gasteiger partial charge on any atom is 0.238 e. The van der Waals surface area contributed by atoms with Crippen LogP contribution in [0.4, 0.5) is 0 Å². The zero-order valence-corrected chi connectivity index (χ0v) is 15.3. The first-order valence-corrected chi connectivity index (χ1v) is 10.1. The Balaban J connectivity index is 2.10. The van der Waals surface area contributed by atoms with E-state index in [4.69, 9.17) is 4.74 Å². The highest BCUT2D eigenvalue weighted by molar-refractivity contribution is 7.92. The topological polar surface area (TPSA) is 75.7 Å². The fourth-order valence-electron chi connectivity index (χ4n) is 2.87. The highest BCUT2D eigenvalue weighted by Crippen LogP contribution is 2.26. The number of nitrogens with zero attached hydrogens (tertiary/aromatic N) is 1. The first-order valence-electron chi connectivity index (χ1n) is 8.17. The molecule has 1 fully saturated rings. The summed E-state index contributed by atoms with van der Waals surface area (Å²) in [6.07, 6.45) is 3.36. The Kier molecular flexibility index (Phi) is 6.23. The fourth-order valence-corrected chi connectivity index (χ4v) is 3.34. The fraction of sp³-hybridized carbons (Fsp3) is 0.588. The molecule has 7 heteroatoms. The van der Waals surface area contributed by atoms with E-state index in [2.05, 4.69) is 10.2 Å². The molecule has 1 aliphatic heterocycles. The van der Waals surface area contributed by atoms with E-state index in [0.717, 1.165) is 43.5 Å². The summed E-state index contributed by atoms with van der Waals surface area (Å²) < 4.78 is 28.2. The molecule has 0 aromatic heterocycles. The Morgan fingerprint density at radius 2 is 1.83 bits per heavy atom. The molecule has 0 bridgehead atoms. The van der Waals surface area contributed by atoms with Crippen molar-refractivity contribution < 1.29 is 17.9 Å². The van der Waals surface area contributed by atoms with Gasteiger partial charge in [-0.1, -0.05) is 12.1 Å². The zero-order valence-electron chi connectivity index (χ0n) is 14.5. The summed E-state index contributed by atoms with van der Waals surface area (Å²) in [5.41, 5.74) is 1.09. The van der Waals surface area contributed by atoms with Gasteiger partial charge in [0.1, 0.15) is 11.0 Å². The summed E-state index contributed by atoms with van der Waals surface area (Å²) in [5.74, 6) is 0.337. The molecule has 1 amide bonds. The lowest BCUT2D eigenvalue weighted by Crippen LogP contribution is -2.42. The van der Waals surface area contributed by atoms with Crippen molar-refractivity contribution in [2.75, 3.05) is 33.0 Å². The summed E-state index contributed by atoms with van der Waals surface area (Å²) in [4.78, 5) is 14.4. The minimum Gasteiger partial charge on any atom is -0.497 e. The summed E-state index contributed by atoms with van der Waals surface area (Å²) in [6.45, 7) is 3.77. The van der Waals surface area contributed by atoms with E-state index >= 15 is 0 Å². The van der Waals surface area contributed by atoms with Gasteiger partial charge in [0.25, 0.3) is 0 Å². The monoisotopic (exact) mass is 354 g/mol. The third kappa shape index (κ3) is 4.70. The smallest absolute Gasteiger partial charge is 0.238 e. The third-order valence-corrected chi connectivity index (χ3v) is 6.06. The molecule has 0 aliphatic carbocycles. The number of benzene rings is 1. The Morgan fingerprint density at radius 1 is 1.25 bits per heavy atom. The number of ether oxygens (including phenoxy) is 1. The van der Waals surface area contributed by atoms with Crippen LogP contribution >= 0.6 is 0 Å². The molecule has 1 saturated heterocycles. The van der Waals surface area contributed by atoms with E-state index in [1.165, 1.54) is 6.92 Å². The molecule has 6 nitrogen and oxygen atoms in total. The molecule has 1 aliphatic rings. The summed E-state index contributed by atoms with van der Waals surface area (Å²) >= 11 is 0. The molecular formula is C17H26N2O4S. The molecule has 1 N–H and O–H groups in total. The standard InChI is InChI=1S/C17H26N2O4S/c1-13(24(3,21)22)17(20)18-12-16(19-10-4-5-11-19)14-6-8-15(23-2)9-7-14/h6-9,13,16H,4-5,10-12H2,1-3H3,(H,18,20). The lowest BCUT2D eigenvalue weighted by Gasteiger charge is -2.28. The molecule has 2 rings (SSSR count). The van der Waals surface area contributed by atoms with Gasteiger partial charge in [0.15, 0.2) is 9.84 Å². The minimum atomic E-state index is -3.38. The number of carbonyl (C=O) groups excluding carboxylic acids is 1. The van der Waals surface area contributed by atoms with Crippen LogP contribution in [0.2, 0.25) is 0 Å². The van der Waals surface area contributed by atoms with Crippen LogP contribution < -0.4 is 10.1 Å². The maximum atomic E-state index is 12.1. The van der Waals surface area contributed by atoms with Crippen molar-refractivity contribution in [3.8, 4) is 5.75 Å². The van der Waals surface area contributed by atoms with Gasteiger partial charge in [-0.15, -0.1) is 0 Å². The van der Waals surface area contributed by atoms with E-state index in [9.17, 15) is 13.2 Å². The van der Waals surface area contributed by atoms with Gasteiger partial charge < -0.3 is 10.1 Å². The second-order valence-electron chi connectivity index (χ2n) is 6.25. The predicted octanol–water partition coefficient (Wildman–Crippen LogP) is 1.38. The van der Waals surface area contributed by atoms with Gasteiger partial charge in [-0.05, 0) is 50.6 Å².